The second-order valence-electron chi connectivity index (χ2n) is 9.46. The summed E-state index contributed by atoms with van der Waals surface area (Å²) < 4.78 is 31.6. The number of alkyl halides is 2. The molecule has 6 rings (SSSR count). The van der Waals surface area contributed by atoms with Crippen LogP contribution in [0, 0.1) is 0 Å². The fourth-order valence-corrected chi connectivity index (χ4v) is 5.63. The molecule has 1 aliphatic heterocycles. The van der Waals surface area contributed by atoms with E-state index in [0.717, 1.165) is 11.1 Å². The molecule has 1 saturated carbocycles. The van der Waals surface area contributed by atoms with Gasteiger partial charge in [-0.15, -0.1) is 0 Å². The van der Waals surface area contributed by atoms with Gasteiger partial charge in [-0.3, -0.25) is 19.3 Å². The van der Waals surface area contributed by atoms with Crippen LogP contribution in [0.2, 0.25) is 0 Å². The lowest BCUT2D eigenvalue weighted by molar-refractivity contribution is 0.0621. The maximum Gasteiger partial charge on any atom is 0.278 e. The molecular weight excluding hydrogens is 440 g/mol. The summed E-state index contributed by atoms with van der Waals surface area (Å²) in [6.07, 6.45) is 1.47. The average molecular weight is 463 g/mol. The van der Waals surface area contributed by atoms with Gasteiger partial charge in [-0.2, -0.15) is 0 Å². The first-order valence-corrected chi connectivity index (χ1v) is 11.3. The van der Waals surface area contributed by atoms with Crippen LogP contribution in [0.5, 0.6) is 5.75 Å². The van der Waals surface area contributed by atoms with E-state index in [9.17, 15) is 14.7 Å². The van der Waals surface area contributed by atoms with Crippen molar-refractivity contribution in [2.24, 2.45) is 0 Å². The highest BCUT2D eigenvalue weighted by molar-refractivity contribution is 5.96. The van der Waals surface area contributed by atoms with Crippen molar-refractivity contribution in [2.45, 2.75) is 43.7 Å². The van der Waals surface area contributed by atoms with E-state index in [1.165, 1.54) is 16.9 Å². The van der Waals surface area contributed by atoms with Crippen LogP contribution in [0.25, 0.3) is 0 Å². The monoisotopic (exact) mass is 463 g/mol. The van der Waals surface area contributed by atoms with Gasteiger partial charge < -0.3 is 10.0 Å². The van der Waals surface area contributed by atoms with E-state index in [0.29, 0.717) is 11.1 Å². The van der Waals surface area contributed by atoms with Crippen LogP contribution in [0.1, 0.15) is 64.5 Å². The molecule has 0 bridgehead atoms. The van der Waals surface area contributed by atoms with E-state index in [4.69, 9.17) is 0 Å². The third kappa shape index (κ3) is 2.65. The highest BCUT2D eigenvalue weighted by atomic mass is 19.3. The Morgan fingerprint density at radius 2 is 1.44 bits per heavy atom. The van der Waals surface area contributed by atoms with Crippen molar-refractivity contribution in [3.05, 3.63) is 99.0 Å². The van der Waals surface area contributed by atoms with Crippen molar-refractivity contribution < 1.29 is 18.7 Å². The molecule has 2 aromatic carbocycles. The third-order valence-electron chi connectivity index (χ3n) is 7.32. The predicted octanol–water partition coefficient (Wildman–Crippen LogP) is 3.93. The Kier molecular flexibility index (Phi) is 4.25. The fourth-order valence-electron chi connectivity index (χ4n) is 5.63. The van der Waals surface area contributed by atoms with Crippen LogP contribution in [0.15, 0.2) is 65.6 Å². The topological polar surface area (TPSA) is 65.8 Å². The second kappa shape index (κ2) is 6.91. The Hall–Kier alpha value is -3.68. The molecule has 1 fully saturated rings. The van der Waals surface area contributed by atoms with E-state index in [1.807, 2.05) is 43.1 Å². The van der Waals surface area contributed by atoms with Crippen molar-refractivity contribution in [1.82, 2.24) is 9.58 Å². The predicted molar refractivity (Wildman–Crippen MR) is 122 cm³/mol. The number of benzene rings is 2. The molecule has 3 atom stereocenters. The molecule has 0 radical (unpaired) electrons. The Bertz CT molecular complexity index is 1340. The minimum Gasteiger partial charge on any atom is -0.502 e. The summed E-state index contributed by atoms with van der Waals surface area (Å²) in [7, 11) is 0. The van der Waals surface area contributed by atoms with Gasteiger partial charge in [-0.25, -0.2) is 8.78 Å². The van der Waals surface area contributed by atoms with E-state index in [2.05, 4.69) is 0 Å². The lowest BCUT2D eigenvalue weighted by atomic mass is 9.91. The first-order valence-electron chi connectivity index (χ1n) is 11.3. The molecule has 0 unspecified atom stereocenters. The molecule has 2 aliphatic carbocycles. The third-order valence-corrected chi connectivity index (χ3v) is 7.32. The molecule has 1 aromatic heterocycles. The zero-order valence-electron chi connectivity index (χ0n) is 18.7. The van der Waals surface area contributed by atoms with Crippen molar-refractivity contribution in [1.29, 1.82) is 0 Å². The molecule has 6 nitrogen and oxygen atoms in total. The SMILES string of the molecule is CC(C)N1CN([C@@H]2c3ccccc3[C@@H]3[C@H](c4ccccc42)C3(F)F)n2ccc(=O)c(O)c2C1=O. The van der Waals surface area contributed by atoms with E-state index in [-0.39, 0.29) is 18.4 Å². The molecule has 1 amide bonds. The van der Waals surface area contributed by atoms with Crippen molar-refractivity contribution in [3.8, 4) is 5.75 Å². The molecule has 174 valence electrons. The number of hydrogen-bond acceptors (Lipinski definition) is 4. The highest BCUT2D eigenvalue weighted by Gasteiger charge is 2.71. The summed E-state index contributed by atoms with van der Waals surface area (Å²) >= 11 is 0. The smallest absolute Gasteiger partial charge is 0.278 e. The maximum absolute atomic E-state index is 15.0. The number of pyridine rings is 1. The lowest BCUT2D eigenvalue weighted by Crippen LogP contribution is -2.57. The maximum atomic E-state index is 15.0. The number of aromatic nitrogens is 1. The fraction of sp³-hybridized carbons (Fsp3) is 0.308. The summed E-state index contributed by atoms with van der Waals surface area (Å²) in [5.41, 5.74) is 1.84. The molecule has 3 aromatic rings. The standard InChI is InChI=1S/C26H23F2N3O3/c1-14(2)29-13-31(30-12-11-19(32)24(33)23(30)25(29)34)22-17-9-5-3-7-15(17)20-21(26(20,27)28)16-8-4-6-10-18(16)22/h3-12,14,20-22,33H,13H2,1-2H3/t20-,21+,22-. The minimum absolute atomic E-state index is 0.123. The van der Waals surface area contributed by atoms with Crippen molar-refractivity contribution in [2.75, 3.05) is 11.7 Å². The van der Waals surface area contributed by atoms with Crippen molar-refractivity contribution in [3.63, 3.8) is 0 Å². The molecule has 3 aliphatic rings. The largest absolute Gasteiger partial charge is 0.502 e. The van der Waals surface area contributed by atoms with Crippen LogP contribution in [-0.4, -0.2) is 39.2 Å². The summed E-state index contributed by atoms with van der Waals surface area (Å²) in [5, 5.41) is 12.5. The van der Waals surface area contributed by atoms with Gasteiger partial charge >= 0.3 is 0 Å². The van der Waals surface area contributed by atoms with E-state index < -0.39 is 40.9 Å². The molecule has 2 heterocycles. The average Bonchev–Trinajstić information content (AvgIpc) is 3.42. The van der Waals surface area contributed by atoms with Crippen LogP contribution in [-0.2, 0) is 0 Å². The first-order chi connectivity index (χ1) is 16.2. The summed E-state index contributed by atoms with van der Waals surface area (Å²) in [6, 6.07) is 14.9. The number of aromatic hydroxyl groups is 1. The van der Waals surface area contributed by atoms with Gasteiger partial charge in [0.15, 0.2) is 11.4 Å². The quantitative estimate of drug-likeness (QED) is 0.626. The number of fused-ring (bicyclic) bond motifs is 6. The van der Waals surface area contributed by atoms with Gasteiger partial charge in [0.05, 0.1) is 17.9 Å². The summed E-state index contributed by atoms with van der Waals surface area (Å²) in [6.45, 7) is 3.87. The number of amides is 1. The van der Waals surface area contributed by atoms with Gasteiger partial charge in [0.1, 0.15) is 6.67 Å². The number of rotatable bonds is 2. The van der Waals surface area contributed by atoms with Crippen LogP contribution in [0.4, 0.5) is 8.78 Å². The minimum atomic E-state index is -2.83. The number of carbonyl (C=O) groups is 1. The summed E-state index contributed by atoms with van der Waals surface area (Å²) in [5.74, 6) is -5.73. The molecule has 34 heavy (non-hydrogen) atoms. The molecule has 1 N–H and O–H groups in total. The number of halogens is 2. The lowest BCUT2D eigenvalue weighted by Gasteiger charge is -2.45. The van der Waals surface area contributed by atoms with Gasteiger partial charge in [-0.1, -0.05) is 48.5 Å². The summed E-state index contributed by atoms with van der Waals surface area (Å²) in [4.78, 5) is 27.0. The van der Waals surface area contributed by atoms with Gasteiger partial charge in [0, 0.05) is 18.3 Å². The van der Waals surface area contributed by atoms with Gasteiger partial charge in [0.2, 0.25) is 5.43 Å². The molecule has 8 heteroatoms. The zero-order chi connectivity index (χ0) is 23.9. The highest BCUT2D eigenvalue weighted by Crippen LogP contribution is 2.70. The van der Waals surface area contributed by atoms with Gasteiger partial charge in [-0.05, 0) is 36.1 Å². The number of nitrogens with zero attached hydrogens (tertiary/aromatic N) is 3. The zero-order valence-corrected chi connectivity index (χ0v) is 18.7. The van der Waals surface area contributed by atoms with E-state index >= 15 is 8.78 Å². The molecular formula is C26H23F2N3O3. The molecule has 0 saturated heterocycles. The Balaban J connectivity index is 1.64. The Morgan fingerprint density at radius 1 is 0.912 bits per heavy atom. The number of carbonyl (C=O) groups excluding carboxylic acids is 1. The molecule has 0 spiro atoms. The van der Waals surface area contributed by atoms with Crippen LogP contribution < -0.4 is 10.4 Å². The second-order valence-corrected chi connectivity index (χ2v) is 9.46. The van der Waals surface area contributed by atoms with E-state index in [1.54, 1.807) is 29.2 Å². The first kappa shape index (κ1) is 20.9. The Morgan fingerprint density at radius 3 is 1.97 bits per heavy atom. The Labute approximate surface area is 194 Å². The van der Waals surface area contributed by atoms with Crippen LogP contribution >= 0.6 is 0 Å². The van der Waals surface area contributed by atoms with Crippen LogP contribution in [0.3, 0.4) is 0 Å². The number of hydrogen-bond donors (Lipinski definition) is 1. The van der Waals surface area contributed by atoms with Gasteiger partial charge in [0.25, 0.3) is 11.8 Å². The normalized spacial score (nSPS) is 24.1. The van der Waals surface area contributed by atoms with Crippen molar-refractivity contribution >= 4 is 5.91 Å².